The number of carbonyl (C=O) groups excluding carboxylic acids is 1. The van der Waals surface area contributed by atoms with Crippen LogP contribution in [0.1, 0.15) is 22.7 Å². The summed E-state index contributed by atoms with van der Waals surface area (Å²) in [6, 6.07) is 18.8. The van der Waals surface area contributed by atoms with E-state index in [4.69, 9.17) is 5.73 Å². The molecule has 0 fully saturated rings. The smallest absolute Gasteiger partial charge is 0.277 e. The summed E-state index contributed by atoms with van der Waals surface area (Å²) in [5.74, 6) is -2.77. The molecule has 2 aromatic heterocycles. The Labute approximate surface area is 196 Å². The van der Waals surface area contributed by atoms with Crippen molar-refractivity contribution in [1.29, 1.82) is 5.26 Å². The number of carbonyl (C=O) groups is 1. The van der Waals surface area contributed by atoms with Gasteiger partial charge in [-0.05, 0) is 30.2 Å². The Morgan fingerprint density at radius 1 is 1.22 bits per heavy atom. The van der Waals surface area contributed by atoms with Crippen LogP contribution < -0.4 is 11.3 Å². The van der Waals surface area contributed by atoms with E-state index < -0.39 is 17.7 Å². The van der Waals surface area contributed by atoms with Crippen molar-refractivity contribution >= 4 is 33.2 Å². The van der Waals surface area contributed by atoms with E-state index in [1.165, 1.54) is 16.0 Å². The lowest BCUT2D eigenvalue weighted by atomic mass is 9.81. The van der Waals surface area contributed by atoms with Gasteiger partial charge in [0.15, 0.2) is 0 Å². The van der Waals surface area contributed by atoms with Gasteiger partial charge < -0.3 is 5.73 Å². The molecule has 0 unspecified atom stereocenters. The van der Waals surface area contributed by atoms with Crippen molar-refractivity contribution in [3.05, 3.63) is 92.4 Å². The summed E-state index contributed by atoms with van der Waals surface area (Å²) in [4.78, 5) is 30.9. The van der Waals surface area contributed by atoms with Gasteiger partial charge in [-0.3, -0.25) is 14.7 Å². The van der Waals surface area contributed by atoms with Crippen LogP contribution in [0.2, 0.25) is 0 Å². The molecule has 0 radical (unpaired) electrons. The van der Waals surface area contributed by atoms with E-state index in [9.17, 15) is 14.9 Å². The first kappa shape index (κ1) is 21.7. The van der Waals surface area contributed by atoms with Crippen molar-refractivity contribution in [3.63, 3.8) is 0 Å². The Balaban J connectivity index is 1.82. The number of hydrogen-bond acceptors (Lipinski definition) is 5. The van der Waals surface area contributed by atoms with Crippen molar-refractivity contribution in [2.75, 3.05) is 0 Å². The van der Waals surface area contributed by atoms with Crippen LogP contribution in [-0.4, -0.2) is 20.7 Å². The minimum Gasteiger partial charge on any atom is -0.369 e. The highest BCUT2D eigenvalue weighted by atomic mass is 79.9. The van der Waals surface area contributed by atoms with Crippen LogP contribution in [0, 0.1) is 24.2 Å². The van der Waals surface area contributed by atoms with Crippen LogP contribution in [0.3, 0.4) is 0 Å². The molecular formula is C23H18BrN5O2S. The third-order valence-corrected chi connectivity index (χ3v) is 6.74. The molecule has 0 aliphatic carbocycles. The summed E-state index contributed by atoms with van der Waals surface area (Å²) in [5, 5.41) is 13.2. The molecule has 2 aromatic carbocycles. The fourth-order valence-corrected chi connectivity index (χ4v) is 4.81. The van der Waals surface area contributed by atoms with E-state index >= 15 is 0 Å². The second-order valence-corrected chi connectivity index (χ2v) is 9.13. The second-order valence-electron chi connectivity index (χ2n) is 7.20. The molecular weight excluding hydrogens is 490 g/mol. The minimum atomic E-state index is -1.19. The fourth-order valence-electron chi connectivity index (χ4n) is 3.66. The zero-order valence-electron chi connectivity index (χ0n) is 16.9. The number of hydrogen-bond donors (Lipinski definition) is 2. The van der Waals surface area contributed by atoms with Crippen LogP contribution in [-0.2, 0) is 4.79 Å². The molecule has 0 saturated carbocycles. The lowest BCUT2D eigenvalue weighted by Crippen LogP contribution is -2.31. The van der Waals surface area contributed by atoms with Crippen molar-refractivity contribution in [1.82, 2.24) is 14.8 Å². The molecule has 0 spiro atoms. The van der Waals surface area contributed by atoms with E-state index in [2.05, 4.69) is 26.0 Å². The number of primary amides is 1. The predicted molar refractivity (Wildman–Crippen MR) is 127 cm³/mol. The van der Waals surface area contributed by atoms with Crippen LogP contribution in [0.4, 0.5) is 0 Å². The lowest BCUT2D eigenvalue weighted by Gasteiger charge is -2.19. The number of nitrogens with zero attached hydrogens (tertiary/aromatic N) is 3. The van der Waals surface area contributed by atoms with Gasteiger partial charge in [0.1, 0.15) is 5.92 Å². The fraction of sp³-hybridized carbons (Fsp3) is 0.130. The number of nitrogens with two attached hydrogens (primary N) is 1. The van der Waals surface area contributed by atoms with Gasteiger partial charge >= 0.3 is 0 Å². The Kier molecular flexibility index (Phi) is 6.08. The van der Waals surface area contributed by atoms with Gasteiger partial charge in [-0.15, -0.1) is 0 Å². The average molecular weight is 508 g/mol. The molecule has 9 heteroatoms. The van der Waals surface area contributed by atoms with Crippen LogP contribution in [0.5, 0.6) is 0 Å². The quantitative estimate of drug-likeness (QED) is 0.408. The molecule has 1 amide bonds. The maximum atomic E-state index is 13.5. The first-order valence-electron chi connectivity index (χ1n) is 9.68. The van der Waals surface area contributed by atoms with E-state index in [1.807, 2.05) is 36.4 Å². The first-order chi connectivity index (χ1) is 15.4. The van der Waals surface area contributed by atoms with Crippen molar-refractivity contribution in [3.8, 4) is 21.6 Å². The summed E-state index contributed by atoms with van der Waals surface area (Å²) < 4.78 is 2.32. The molecule has 32 heavy (non-hydrogen) atoms. The van der Waals surface area contributed by atoms with Gasteiger partial charge in [-0.1, -0.05) is 69.7 Å². The Morgan fingerprint density at radius 2 is 1.91 bits per heavy atom. The number of aryl methyl sites for hydroxylation is 1. The van der Waals surface area contributed by atoms with Crippen molar-refractivity contribution < 1.29 is 4.79 Å². The molecule has 4 rings (SSSR count). The highest BCUT2D eigenvalue weighted by Gasteiger charge is 2.34. The molecule has 0 aliphatic heterocycles. The van der Waals surface area contributed by atoms with Crippen molar-refractivity contribution in [2.45, 2.75) is 12.8 Å². The number of amides is 1. The monoisotopic (exact) mass is 507 g/mol. The van der Waals surface area contributed by atoms with Gasteiger partial charge in [0, 0.05) is 27.8 Å². The number of halogens is 1. The van der Waals surface area contributed by atoms with Gasteiger partial charge in [-0.2, -0.15) is 9.94 Å². The number of rotatable bonds is 6. The molecule has 7 nitrogen and oxygen atoms in total. The van der Waals surface area contributed by atoms with Gasteiger partial charge in [0.2, 0.25) is 11.0 Å². The number of aromatic amines is 1. The summed E-state index contributed by atoms with van der Waals surface area (Å²) in [7, 11) is 0. The van der Waals surface area contributed by atoms with Gasteiger partial charge in [-0.25, -0.2) is 4.98 Å². The van der Waals surface area contributed by atoms with E-state index in [-0.39, 0.29) is 5.56 Å². The molecule has 2 atom stereocenters. The van der Waals surface area contributed by atoms with E-state index in [0.717, 1.165) is 14.9 Å². The van der Waals surface area contributed by atoms with E-state index in [1.54, 1.807) is 37.4 Å². The third-order valence-electron chi connectivity index (χ3n) is 5.18. The topological polar surface area (TPSA) is 118 Å². The maximum absolute atomic E-state index is 13.5. The molecule has 3 N–H and O–H groups in total. The summed E-state index contributed by atoms with van der Waals surface area (Å²) in [5.41, 5.74) is 7.67. The molecule has 160 valence electrons. The number of nitrogens with one attached hydrogen (secondary N) is 1. The second kappa shape index (κ2) is 8.94. The Morgan fingerprint density at radius 3 is 2.53 bits per heavy atom. The highest BCUT2D eigenvalue weighted by Crippen LogP contribution is 2.33. The number of H-pyrrole nitrogens is 1. The minimum absolute atomic E-state index is 0.321. The van der Waals surface area contributed by atoms with Crippen LogP contribution >= 0.6 is 27.3 Å². The zero-order chi connectivity index (χ0) is 22.8. The largest absolute Gasteiger partial charge is 0.369 e. The zero-order valence-corrected chi connectivity index (χ0v) is 19.4. The molecule has 0 aliphatic rings. The normalized spacial score (nSPS) is 12.8. The predicted octanol–water partition coefficient (Wildman–Crippen LogP) is 4.12. The Bertz CT molecular complexity index is 1370. The summed E-state index contributed by atoms with van der Waals surface area (Å²) >= 11 is 4.78. The lowest BCUT2D eigenvalue weighted by molar-refractivity contribution is -0.120. The van der Waals surface area contributed by atoms with Crippen LogP contribution in [0.25, 0.3) is 15.6 Å². The molecule has 0 saturated heterocycles. The molecule has 4 aromatic rings. The van der Waals surface area contributed by atoms with Crippen LogP contribution in [0.15, 0.2) is 70.1 Å². The number of aromatic nitrogens is 3. The Hall–Kier alpha value is -3.48. The SMILES string of the molecule is Cc1[nH]n(-c2ncc(-c3ccc(Br)cc3)s2)c(=O)c1[C@H](c1ccccc1)[C@H](C#N)C(N)=O. The van der Waals surface area contributed by atoms with E-state index in [0.29, 0.717) is 22.0 Å². The van der Waals surface area contributed by atoms with Crippen molar-refractivity contribution in [2.24, 2.45) is 11.7 Å². The third kappa shape index (κ3) is 4.02. The molecule has 0 bridgehead atoms. The summed E-state index contributed by atoms with van der Waals surface area (Å²) in [6.07, 6.45) is 1.71. The number of thiazole rings is 1. The summed E-state index contributed by atoms with van der Waals surface area (Å²) in [6.45, 7) is 1.74. The standard InChI is InChI=1S/C23H18BrN5O2S/c1-13-19(20(17(11-25)21(26)30)15-5-3-2-4-6-15)22(31)29(28-13)23-27-12-18(32-23)14-7-9-16(24)10-8-14/h2-10,12,17,20,28H,1H3,(H2,26,30)/t17-,20+/m0/s1. The maximum Gasteiger partial charge on any atom is 0.277 e. The highest BCUT2D eigenvalue weighted by molar-refractivity contribution is 9.10. The van der Waals surface area contributed by atoms with Gasteiger partial charge in [0.05, 0.1) is 10.9 Å². The number of benzene rings is 2. The first-order valence-corrected chi connectivity index (χ1v) is 11.3. The average Bonchev–Trinajstić information content (AvgIpc) is 3.38. The number of nitriles is 1. The molecule has 2 heterocycles. The van der Waals surface area contributed by atoms with Gasteiger partial charge in [0.25, 0.3) is 5.56 Å².